The predicted molar refractivity (Wildman–Crippen MR) is 87.2 cm³/mol. The minimum atomic E-state index is -1.45. The topological polar surface area (TPSA) is 54.0 Å². The van der Waals surface area contributed by atoms with Crippen LogP contribution in [-0.4, -0.2) is 52.8 Å². The molecule has 2 saturated heterocycles. The van der Waals surface area contributed by atoms with Crippen molar-refractivity contribution in [3.8, 4) is 0 Å². The molecule has 0 amide bonds. The lowest BCUT2D eigenvalue weighted by Gasteiger charge is -2.46. The Morgan fingerprint density at radius 2 is 2.24 bits per heavy atom. The van der Waals surface area contributed by atoms with E-state index in [9.17, 15) is 4.39 Å². The highest BCUT2D eigenvalue weighted by Gasteiger charge is 2.42. The van der Waals surface area contributed by atoms with Gasteiger partial charge in [-0.3, -0.25) is 14.9 Å². The van der Waals surface area contributed by atoms with Crippen LogP contribution in [0.1, 0.15) is 46.5 Å². The fourth-order valence-corrected chi connectivity index (χ4v) is 3.68. The van der Waals surface area contributed by atoms with Gasteiger partial charge in [0, 0.05) is 17.8 Å². The number of hydrogen-bond donors (Lipinski definition) is 1. The van der Waals surface area contributed by atoms with Crippen LogP contribution in [0, 0.1) is 0 Å². The van der Waals surface area contributed by atoms with Gasteiger partial charge in [0.25, 0.3) is 0 Å². The number of nitrogens with two attached hydrogens (primary N) is 1. The van der Waals surface area contributed by atoms with Crippen LogP contribution in [0.25, 0.3) is 0 Å². The summed E-state index contributed by atoms with van der Waals surface area (Å²) in [7, 11) is 0. The van der Waals surface area contributed by atoms with Gasteiger partial charge in [0.2, 0.25) is 0 Å². The fraction of sp³-hybridized carbons (Fsp3) is 0.867. The lowest BCUT2D eigenvalue weighted by atomic mass is 9.84. The van der Waals surface area contributed by atoms with Crippen LogP contribution in [0.4, 0.5) is 4.39 Å². The third kappa shape index (κ3) is 4.16. The second-order valence-corrected chi connectivity index (χ2v) is 7.36. The largest absolute Gasteiger partial charge is 0.385 e. The Balaban J connectivity index is 2.03. The van der Waals surface area contributed by atoms with Gasteiger partial charge in [-0.15, -0.1) is 0 Å². The van der Waals surface area contributed by atoms with Crippen molar-refractivity contribution in [3.63, 3.8) is 0 Å². The number of fused-ring (bicyclic) bond motifs is 1. The molecule has 4 atom stereocenters. The first-order valence-corrected chi connectivity index (χ1v) is 8.14. The van der Waals surface area contributed by atoms with Crippen molar-refractivity contribution in [3.05, 3.63) is 0 Å². The van der Waals surface area contributed by atoms with Gasteiger partial charge in [0.15, 0.2) is 6.17 Å². The molecule has 2 fully saturated rings. The second-order valence-electron chi connectivity index (χ2n) is 6.72. The molecular weight excluding hydrogens is 291 g/mol. The zero-order chi connectivity index (χ0) is 15.6. The highest BCUT2D eigenvalue weighted by Crippen LogP contribution is 2.38. The number of hydrogen-bond acceptors (Lipinski definition) is 3. The SMILES string of the molecule is CC(Cl)N=CC(F)C(N)=NC1CC2CCCN2C(C)(C)C1. The monoisotopic (exact) mass is 316 g/mol. The first-order chi connectivity index (χ1) is 9.79. The lowest BCUT2D eigenvalue weighted by Crippen LogP contribution is -2.53. The summed E-state index contributed by atoms with van der Waals surface area (Å²) in [5.74, 6) is 0.0170. The van der Waals surface area contributed by atoms with E-state index < -0.39 is 11.7 Å². The summed E-state index contributed by atoms with van der Waals surface area (Å²) in [6.45, 7) is 7.32. The first kappa shape index (κ1) is 16.7. The standard InChI is InChI=1S/C15H26ClFN4/c1-10(16)19-9-13(17)14(18)20-11-7-12-5-4-6-21(12)15(2,3)8-11/h9-13H,4-8H2,1-3H3,(H2,18,20). The zero-order valence-corrected chi connectivity index (χ0v) is 13.9. The van der Waals surface area contributed by atoms with Gasteiger partial charge in [-0.25, -0.2) is 4.39 Å². The van der Waals surface area contributed by atoms with E-state index in [1.807, 2.05) is 0 Å². The Labute approximate surface area is 131 Å². The minimum absolute atomic E-state index is 0.0170. The highest BCUT2D eigenvalue weighted by molar-refractivity contribution is 6.20. The molecule has 2 rings (SSSR count). The van der Waals surface area contributed by atoms with Crippen LogP contribution >= 0.6 is 11.6 Å². The minimum Gasteiger partial charge on any atom is -0.385 e. The van der Waals surface area contributed by atoms with Crippen LogP contribution in [0.5, 0.6) is 0 Å². The number of alkyl halides is 2. The molecule has 21 heavy (non-hydrogen) atoms. The lowest BCUT2D eigenvalue weighted by molar-refractivity contribution is 0.0466. The maximum Gasteiger partial charge on any atom is 0.191 e. The van der Waals surface area contributed by atoms with Gasteiger partial charge in [-0.1, -0.05) is 11.6 Å². The number of aliphatic imine (C=N–C) groups is 2. The number of halogens is 2. The summed E-state index contributed by atoms with van der Waals surface area (Å²) < 4.78 is 13.9. The van der Waals surface area contributed by atoms with E-state index in [1.165, 1.54) is 12.8 Å². The van der Waals surface area contributed by atoms with E-state index in [-0.39, 0.29) is 17.4 Å². The molecule has 0 radical (unpaired) electrons. The van der Waals surface area contributed by atoms with Gasteiger partial charge >= 0.3 is 0 Å². The van der Waals surface area contributed by atoms with E-state index >= 15 is 0 Å². The van der Waals surface area contributed by atoms with Crippen LogP contribution in [0.3, 0.4) is 0 Å². The van der Waals surface area contributed by atoms with E-state index in [2.05, 4.69) is 28.7 Å². The van der Waals surface area contributed by atoms with Gasteiger partial charge in [-0.2, -0.15) is 0 Å². The second kappa shape index (κ2) is 6.61. The summed E-state index contributed by atoms with van der Waals surface area (Å²) in [5, 5.41) is 0. The molecule has 2 aliphatic heterocycles. The molecule has 0 aromatic rings. The quantitative estimate of drug-likeness (QED) is 0.375. The highest BCUT2D eigenvalue weighted by atomic mass is 35.5. The molecule has 2 heterocycles. The van der Waals surface area contributed by atoms with Gasteiger partial charge in [-0.05, 0) is 53.0 Å². The molecule has 2 aliphatic rings. The summed E-state index contributed by atoms with van der Waals surface area (Å²) >= 11 is 5.67. The first-order valence-electron chi connectivity index (χ1n) is 7.71. The Hall–Kier alpha value is -0.680. The normalized spacial score (nSPS) is 33.1. The Kier molecular flexibility index (Phi) is 5.25. The molecule has 0 saturated carbocycles. The molecule has 6 heteroatoms. The Bertz CT molecular complexity index is 422. The van der Waals surface area contributed by atoms with Crippen LogP contribution in [0.2, 0.25) is 0 Å². The summed E-state index contributed by atoms with van der Waals surface area (Å²) in [6, 6.07) is 0.657. The molecule has 4 nitrogen and oxygen atoms in total. The number of amidine groups is 1. The van der Waals surface area contributed by atoms with Crippen molar-refractivity contribution in [1.82, 2.24) is 4.90 Å². The zero-order valence-electron chi connectivity index (χ0n) is 13.1. The molecule has 0 aromatic heterocycles. The van der Waals surface area contributed by atoms with Crippen molar-refractivity contribution in [2.75, 3.05) is 6.54 Å². The van der Waals surface area contributed by atoms with Crippen molar-refractivity contribution >= 4 is 23.7 Å². The number of piperidine rings is 1. The van der Waals surface area contributed by atoms with Crippen LogP contribution < -0.4 is 5.73 Å². The van der Waals surface area contributed by atoms with Gasteiger partial charge in [0.1, 0.15) is 11.3 Å². The molecule has 4 unspecified atom stereocenters. The summed E-state index contributed by atoms with van der Waals surface area (Å²) in [6.07, 6.45) is 4.04. The Morgan fingerprint density at radius 1 is 1.52 bits per heavy atom. The van der Waals surface area contributed by atoms with E-state index in [1.54, 1.807) is 6.92 Å². The number of nitrogens with zero attached hydrogens (tertiary/aromatic N) is 3. The van der Waals surface area contributed by atoms with Gasteiger partial charge in [0.05, 0.1) is 6.04 Å². The average Bonchev–Trinajstić information content (AvgIpc) is 2.84. The summed E-state index contributed by atoms with van der Waals surface area (Å²) in [5.41, 5.74) is 5.45. The molecule has 2 N–H and O–H groups in total. The van der Waals surface area contributed by atoms with Crippen molar-refractivity contribution in [2.24, 2.45) is 15.7 Å². The molecule has 0 aliphatic carbocycles. The van der Waals surface area contributed by atoms with Crippen molar-refractivity contribution in [1.29, 1.82) is 0 Å². The van der Waals surface area contributed by atoms with E-state index in [0.29, 0.717) is 6.04 Å². The maximum atomic E-state index is 13.9. The Morgan fingerprint density at radius 3 is 2.90 bits per heavy atom. The van der Waals surface area contributed by atoms with Crippen LogP contribution in [-0.2, 0) is 0 Å². The third-order valence-electron chi connectivity index (χ3n) is 4.47. The molecule has 0 spiro atoms. The van der Waals surface area contributed by atoms with Crippen molar-refractivity contribution in [2.45, 2.75) is 75.7 Å². The maximum absolute atomic E-state index is 13.9. The van der Waals surface area contributed by atoms with Gasteiger partial charge < -0.3 is 5.73 Å². The predicted octanol–water partition coefficient (Wildman–Crippen LogP) is 2.74. The fourth-order valence-electron chi connectivity index (χ4n) is 3.62. The third-order valence-corrected chi connectivity index (χ3v) is 4.58. The van der Waals surface area contributed by atoms with Crippen LogP contribution in [0.15, 0.2) is 9.98 Å². The molecule has 0 bridgehead atoms. The molecular formula is C15H26ClFN4. The average molecular weight is 317 g/mol. The van der Waals surface area contributed by atoms with Crippen molar-refractivity contribution < 1.29 is 4.39 Å². The molecule has 120 valence electrons. The summed E-state index contributed by atoms with van der Waals surface area (Å²) in [4.78, 5) is 10.8. The smallest absolute Gasteiger partial charge is 0.191 e. The molecule has 0 aromatic carbocycles. The number of rotatable bonds is 4. The van der Waals surface area contributed by atoms with E-state index in [4.69, 9.17) is 17.3 Å². The van der Waals surface area contributed by atoms with E-state index in [0.717, 1.165) is 25.6 Å².